The summed E-state index contributed by atoms with van der Waals surface area (Å²) in [6, 6.07) is 18.3. The summed E-state index contributed by atoms with van der Waals surface area (Å²) in [7, 11) is -3.59. The highest BCUT2D eigenvalue weighted by molar-refractivity contribution is 7.89. The second-order valence-corrected chi connectivity index (χ2v) is 11.2. The van der Waals surface area contributed by atoms with Crippen molar-refractivity contribution in [3.05, 3.63) is 65.7 Å². The average molecular weight is 486 g/mol. The Hall–Kier alpha value is -2.52. The first-order valence-electron chi connectivity index (χ1n) is 10.3. The van der Waals surface area contributed by atoms with E-state index in [-0.39, 0.29) is 16.7 Å². The molecule has 0 radical (unpaired) electrons. The molecule has 0 spiro atoms. The molecule has 1 N–H and O–H groups in total. The van der Waals surface area contributed by atoms with Crippen LogP contribution in [-0.2, 0) is 14.8 Å². The monoisotopic (exact) mass is 485 g/mol. The van der Waals surface area contributed by atoms with E-state index in [9.17, 15) is 13.2 Å². The van der Waals surface area contributed by atoms with E-state index in [4.69, 9.17) is 11.6 Å². The highest BCUT2D eigenvalue weighted by Crippen LogP contribution is 2.32. The quantitative estimate of drug-likeness (QED) is 0.434. The summed E-state index contributed by atoms with van der Waals surface area (Å²) in [6.07, 6.45) is 0.930. The minimum absolute atomic E-state index is 0.114. The normalized spacial score (nSPS) is 15.9. The lowest BCUT2D eigenvalue weighted by molar-refractivity contribution is -0.120. The first-order valence-corrected chi connectivity index (χ1v) is 12.9. The number of halogens is 1. The number of fused-ring (bicyclic) bond motifs is 3. The SMILES string of the molecule is O=C(Nc1nc2c(ccc3ccccc32)s1)C1CCN(S(=O)(=O)c2ccc(Cl)cc2)CC1. The predicted octanol–water partition coefficient (Wildman–Crippen LogP) is 5.14. The molecular weight excluding hydrogens is 466 g/mol. The topological polar surface area (TPSA) is 79.4 Å². The van der Waals surface area contributed by atoms with E-state index in [0.717, 1.165) is 21.0 Å². The number of carbonyl (C=O) groups excluding carboxylic acids is 1. The van der Waals surface area contributed by atoms with Crippen LogP contribution in [0.4, 0.5) is 5.13 Å². The highest BCUT2D eigenvalue weighted by Gasteiger charge is 2.32. The van der Waals surface area contributed by atoms with Crippen LogP contribution in [0.2, 0.25) is 5.02 Å². The molecule has 0 unspecified atom stereocenters. The minimum Gasteiger partial charge on any atom is -0.302 e. The fourth-order valence-corrected chi connectivity index (χ4v) is 6.52. The third-order valence-corrected chi connectivity index (χ3v) is 8.89. The van der Waals surface area contributed by atoms with Gasteiger partial charge < -0.3 is 5.32 Å². The van der Waals surface area contributed by atoms with Crippen LogP contribution >= 0.6 is 22.9 Å². The summed E-state index contributed by atoms with van der Waals surface area (Å²) in [6.45, 7) is 0.598. The van der Waals surface area contributed by atoms with Gasteiger partial charge in [-0.15, -0.1) is 0 Å². The largest absolute Gasteiger partial charge is 0.302 e. The van der Waals surface area contributed by atoms with E-state index in [1.807, 2.05) is 30.3 Å². The molecule has 9 heteroatoms. The molecular formula is C23H20ClN3O3S2. The van der Waals surface area contributed by atoms with E-state index >= 15 is 0 Å². The molecule has 0 atom stereocenters. The molecule has 6 nitrogen and oxygen atoms in total. The van der Waals surface area contributed by atoms with Crippen molar-refractivity contribution in [3.63, 3.8) is 0 Å². The van der Waals surface area contributed by atoms with Crippen LogP contribution in [0.5, 0.6) is 0 Å². The number of amides is 1. The van der Waals surface area contributed by atoms with Gasteiger partial charge in [0.2, 0.25) is 15.9 Å². The molecule has 1 aliphatic rings. The van der Waals surface area contributed by atoms with Crippen molar-refractivity contribution < 1.29 is 13.2 Å². The Labute approximate surface area is 194 Å². The number of nitrogens with one attached hydrogen (secondary N) is 1. The number of aromatic nitrogens is 1. The lowest BCUT2D eigenvalue weighted by Crippen LogP contribution is -2.41. The second kappa shape index (κ2) is 8.44. The molecule has 5 rings (SSSR count). The maximum absolute atomic E-state index is 12.8. The van der Waals surface area contributed by atoms with Gasteiger partial charge in [0.15, 0.2) is 5.13 Å². The van der Waals surface area contributed by atoms with Crippen molar-refractivity contribution in [2.45, 2.75) is 17.7 Å². The van der Waals surface area contributed by atoms with Gasteiger partial charge in [0.25, 0.3) is 0 Å². The van der Waals surface area contributed by atoms with Crippen molar-refractivity contribution in [2.24, 2.45) is 5.92 Å². The van der Waals surface area contributed by atoms with Gasteiger partial charge in [0.05, 0.1) is 15.1 Å². The number of piperidine rings is 1. The molecule has 4 aromatic rings. The number of anilines is 1. The van der Waals surface area contributed by atoms with Crippen LogP contribution in [0, 0.1) is 5.92 Å². The molecule has 1 aliphatic heterocycles. The van der Waals surface area contributed by atoms with Crippen molar-refractivity contribution in [1.82, 2.24) is 9.29 Å². The van der Waals surface area contributed by atoms with Crippen molar-refractivity contribution in [2.75, 3.05) is 18.4 Å². The minimum atomic E-state index is -3.59. The first kappa shape index (κ1) is 21.3. The third-order valence-electron chi connectivity index (χ3n) is 5.79. The fourth-order valence-electron chi connectivity index (χ4n) is 4.04. The molecule has 0 saturated carbocycles. The van der Waals surface area contributed by atoms with E-state index < -0.39 is 10.0 Å². The number of thiazole rings is 1. The number of sulfonamides is 1. The molecule has 2 heterocycles. The Morgan fingerprint density at radius 1 is 1.03 bits per heavy atom. The Kier molecular flexibility index (Phi) is 5.63. The highest BCUT2D eigenvalue weighted by atomic mass is 35.5. The van der Waals surface area contributed by atoms with E-state index in [1.54, 1.807) is 12.1 Å². The summed E-state index contributed by atoms with van der Waals surface area (Å²) in [5, 5.41) is 6.17. The summed E-state index contributed by atoms with van der Waals surface area (Å²) in [5.41, 5.74) is 0.882. The van der Waals surface area contributed by atoms with E-state index in [0.29, 0.717) is 36.1 Å². The molecule has 1 aromatic heterocycles. The van der Waals surface area contributed by atoms with Crippen LogP contribution in [0.3, 0.4) is 0 Å². The summed E-state index contributed by atoms with van der Waals surface area (Å²) >= 11 is 7.31. The predicted molar refractivity (Wildman–Crippen MR) is 129 cm³/mol. The molecule has 0 aliphatic carbocycles. The van der Waals surface area contributed by atoms with Gasteiger partial charge in [-0.2, -0.15) is 4.31 Å². The molecule has 1 saturated heterocycles. The molecule has 32 heavy (non-hydrogen) atoms. The van der Waals surface area contributed by atoms with E-state index in [2.05, 4.69) is 16.4 Å². The van der Waals surface area contributed by atoms with Crippen LogP contribution in [0.15, 0.2) is 65.6 Å². The Balaban J connectivity index is 1.27. The van der Waals surface area contributed by atoms with Crippen LogP contribution in [0.25, 0.3) is 21.0 Å². The lowest BCUT2D eigenvalue weighted by Gasteiger charge is -2.30. The average Bonchev–Trinajstić information content (AvgIpc) is 3.22. The molecule has 0 bridgehead atoms. The second-order valence-electron chi connectivity index (χ2n) is 7.77. The summed E-state index contributed by atoms with van der Waals surface area (Å²) < 4.78 is 28.1. The van der Waals surface area contributed by atoms with Gasteiger partial charge in [-0.25, -0.2) is 13.4 Å². The first-order chi connectivity index (χ1) is 15.4. The zero-order chi connectivity index (χ0) is 22.3. The standard InChI is InChI=1S/C23H20ClN3O3S2/c24-17-6-8-18(9-7-17)32(29,30)27-13-11-16(12-14-27)22(28)26-23-25-21-19-4-2-1-3-15(19)5-10-20(21)31-23/h1-10,16H,11-14H2,(H,25,26,28). The zero-order valence-electron chi connectivity index (χ0n) is 17.0. The Bertz CT molecular complexity index is 1410. The van der Waals surface area contributed by atoms with Crippen LogP contribution in [-0.4, -0.2) is 36.7 Å². The third kappa shape index (κ3) is 3.99. The van der Waals surface area contributed by atoms with Gasteiger partial charge >= 0.3 is 0 Å². The zero-order valence-corrected chi connectivity index (χ0v) is 19.4. The van der Waals surface area contributed by atoms with Crippen LogP contribution < -0.4 is 5.32 Å². The van der Waals surface area contributed by atoms with Crippen LogP contribution in [0.1, 0.15) is 12.8 Å². The number of nitrogens with zero attached hydrogens (tertiary/aromatic N) is 2. The lowest BCUT2D eigenvalue weighted by atomic mass is 9.97. The van der Waals surface area contributed by atoms with Gasteiger partial charge in [-0.3, -0.25) is 4.79 Å². The number of carbonyl (C=O) groups is 1. The van der Waals surface area contributed by atoms with Gasteiger partial charge in [-0.1, -0.05) is 53.3 Å². The summed E-state index contributed by atoms with van der Waals surface area (Å²) in [4.78, 5) is 17.7. The maximum atomic E-state index is 12.8. The van der Waals surface area contributed by atoms with Crippen molar-refractivity contribution >= 4 is 65.0 Å². The van der Waals surface area contributed by atoms with Gasteiger partial charge in [0, 0.05) is 29.4 Å². The summed E-state index contributed by atoms with van der Waals surface area (Å²) in [5.74, 6) is -0.368. The Morgan fingerprint density at radius 2 is 1.75 bits per heavy atom. The number of rotatable bonds is 4. The number of hydrogen-bond acceptors (Lipinski definition) is 5. The van der Waals surface area contributed by atoms with Gasteiger partial charge in [-0.05, 0) is 48.6 Å². The molecule has 1 fully saturated rings. The number of hydrogen-bond donors (Lipinski definition) is 1. The fraction of sp³-hybridized carbons (Fsp3) is 0.217. The molecule has 164 valence electrons. The molecule has 3 aromatic carbocycles. The Morgan fingerprint density at radius 3 is 2.50 bits per heavy atom. The number of benzene rings is 3. The van der Waals surface area contributed by atoms with Crippen molar-refractivity contribution in [3.8, 4) is 0 Å². The smallest absolute Gasteiger partial charge is 0.243 e. The molecule has 1 amide bonds. The maximum Gasteiger partial charge on any atom is 0.243 e. The van der Waals surface area contributed by atoms with E-state index in [1.165, 1.54) is 27.8 Å². The van der Waals surface area contributed by atoms with Gasteiger partial charge in [0.1, 0.15) is 0 Å². The van der Waals surface area contributed by atoms with Crippen molar-refractivity contribution in [1.29, 1.82) is 0 Å².